The molecule has 0 atom stereocenters. The number of carbonyl (C=O) groups is 1. The summed E-state index contributed by atoms with van der Waals surface area (Å²) in [6.45, 7) is 7.71. The maximum Gasteiger partial charge on any atom is 0.274 e. The SMILES string of the molecule is CCCCn1nc(C(=O)N(CC)Cc2ccccc2C)ccc1=O. The van der Waals surface area contributed by atoms with Crippen LogP contribution >= 0.6 is 0 Å². The molecule has 5 heteroatoms. The Morgan fingerprint density at radius 3 is 2.58 bits per heavy atom. The first-order valence-corrected chi connectivity index (χ1v) is 8.48. The predicted octanol–water partition coefficient (Wildman–Crippen LogP) is 3.01. The summed E-state index contributed by atoms with van der Waals surface area (Å²) < 4.78 is 1.39. The van der Waals surface area contributed by atoms with Crippen LogP contribution in [0.3, 0.4) is 0 Å². The van der Waals surface area contributed by atoms with Crippen LogP contribution in [-0.4, -0.2) is 27.1 Å². The molecule has 0 fully saturated rings. The number of carbonyl (C=O) groups excluding carboxylic acids is 1. The second-order valence-corrected chi connectivity index (χ2v) is 5.88. The summed E-state index contributed by atoms with van der Waals surface area (Å²) in [4.78, 5) is 26.4. The lowest BCUT2D eigenvalue weighted by Gasteiger charge is -2.21. The van der Waals surface area contributed by atoms with Gasteiger partial charge in [-0.05, 0) is 37.5 Å². The van der Waals surface area contributed by atoms with E-state index in [1.54, 1.807) is 4.90 Å². The summed E-state index contributed by atoms with van der Waals surface area (Å²) in [5.41, 5.74) is 2.43. The molecule has 0 N–H and O–H groups in total. The average Bonchev–Trinajstić information content (AvgIpc) is 2.60. The molecule has 24 heavy (non-hydrogen) atoms. The lowest BCUT2D eigenvalue weighted by Crippen LogP contribution is -2.33. The van der Waals surface area contributed by atoms with Gasteiger partial charge < -0.3 is 4.90 Å². The van der Waals surface area contributed by atoms with E-state index in [0.29, 0.717) is 25.3 Å². The predicted molar refractivity (Wildman–Crippen MR) is 95.0 cm³/mol. The number of amides is 1. The summed E-state index contributed by atoms with van der Waals surface area (Å²) in [6, 6.07) is 11.0. The Kier molecular flexibility index (Phi) is 6.29. The molecular weight excluding hydrogens is 302 g/mol. The van der Waals surface area contributed by atoms with Gasteiger partial charge in [-0.1, -0.05) is 37.6 Å². The third-order valence-electron chi connectivity index (χ3n) is 4.10. The van der Waals surface area contributed by atoms with Crippen molar-refractivity contribution in [1.82, 2.24) is 14.7 Å². The van der Waals surface area contributed by atoms with Crippen LogP contribution in [0.25, 0.3) is 0 Å². The van der Waals surface area contributed by atoms with Gasteiger partial charge >= 0.3 is 0 Å². The van der Waals surface area contributed by atoms with Gasteiger partial charge in [0.25, 0.3) is 11.5 Å². The Bertz CT molecular complexity index is 752. The molecule has 1 aromatic carbocycles. The Morgan fingerprint density at radius 1 is 1.17 bits per heavy atom. The van der Waals surface area contributed by atoms with Gasteiger partial charge in [-0.15, -0.1) is 0 Å². The number of nitrogens with zero attached hydrogens (tertiary/aromatic N) is 3. The summed E-state index contributed by atoms with van der Waals surface area (Å²) in [5, 5.41) is 4.26. The minimum absolute atomic E-state index is 0.147. The molecule has 0 radical (unpaired) electrons. The van der Waals surface area contributed by atoms with E-state index in [2.05, 4.69) is 12.0 Å². The van der Waals surface area contributed by atoms with Gasteiger partial charge in [-0.25, -0.2) is 4.68 Å². The van der Waals surface area contributed by atoms with Crippen LogP contribution in [0.2, 0.25) is 0 Å². The van der Waals surface area contributed by atoms with E-state index in [9.17, 15) is 9.59 Å². The molecule has 1 aromatic heterocycles. The zero-order chi connectivity index (χ0) is 17.5. The normalized spacial score (nSPS) is 10.6. The molecule has 0 aliphatic carbocycles. The van der Waals surface area contributed by atoms with Crippen molar-refractivity contribution in [3.8, 4) is 0 Å². The summed E-state index contributed by atoms with van der Waals surface area (Å²) in [6.07, 6.45) is 1.84. The minimum atomic E-state index is -0.165. The third-order valence-corrected chi connectivity index (χ3v) is 4.10. The highest BCUT2D eigenvalue weighted by Crippen LogP contribution is 2.12. The van der Waals surface area contributed by atoms with Crippen LogP contribution in [0.1, 0.15) is 48.3 Å². The molecule has 0 bridgehead atoms. The minimum Gasteiger partial charge on any atom is -0.333 e. The highest BCUT2D eigenvalue weighted by atomic mass is 16.2. The average molecular weight is 327 g/mol. The standard InChI is InChI=1S/C19H25N3O2/c1-4-6-13-22-18(23)12-11-17(20-22)19(24)21(5-2)14-16-10-8-7-9-15(16)3/h7-12H,4-6,13-14H2,1-3H3. The van der Waals surface area contributed by atoms with Gasteiger partial charge in [0.15, 0.2) is 0 Å². The Morgan fingerprint density at radius 2 is 1.92 bits per heavy atom. The number of aromatic nitrogens is 2. The maximum atomic E-state index is 12.8. The summed E-state index contributed by atoms with van der Waals surface area (Å²) >= 11 is 0. The van der Waals surface area contributed by atoms with Crippen molar-refractivity contribution in [2.24, 2.45) is 0 Å². The molecule has 1 amide bonds. The van der Waals surface area contributed by atoms with Crippen LogP contribution in [-0.2, 0) is 13.1 Å². The first-order chi connectivity index (χ1) is 11.6. The van der Waals surface area contributed by atoms with E-state index in [1.165, 1.54) is 16.8 Å². The van der Waals surface area contributed by atoms with E-state index < -0.39 is 0 Å². The number of benzene rings is 1. The van der Waals surface area contributed by atoms with Crippen molar-refractivity contribution < 1.29 is 4.79 Å². The van der Waals surface area contributed by atoms with Gasteiger partial charge in [0, 0.05) is 25.7 Å². The fourth-order valence-electron chi connectivity index (χ4n) is 2.51. The Hall–Kier alpha value is -2.43. The summed E-state index contributed by atoms with van der Waals surface area (Å²) in [5.74, 6) is -0.147. The fraction of sp³-hybridized carbons (Fsp3) is 0.421. The second-order valence-electron chi connectivity index (χ2n) is 5.88. The number of unbranched alkanes of at least 4 members (excludes halogenated alkanes) is 1. The molecule has 1 heterocycles. The van der Waals surface area contributed by atoms with Gasteiger partial charge in [-0.3, -0.25) is 9.59 Å². The van der Waals surface area contributed by atoms with Gasteiger partial charge in [0.1, 0.15) is 5.69 Å². The molecule has 2 rings (SSSR count). The van der Waals surface area contributed by atoms with E-state index >= 15 is 0 Å². The van der Waals surface area contributed by atoms with E-state index in [1.807, 2.05) is 38.1 Å². The lowest BCUT2D eigenvalue weighted by molar-refractivity contribution is 0.0743. The van der Waals surface area contributed by atoms with Crippen LogP contribution in [0, 0.1) is 6.92 Å². The Labute approximate surface area is 142 Å². The van der Waals surface area contributed by atoms with Crippen molar-refractivity contribution >= 4 is 5.91 Å². The first kappa shape index (κ1) is 17.9. The van der Waals surface area contributed by atoms with Crippen LogP contribution < -0.4 is 5.56 Å². The van der Waals surface area contributed by atoms with Crippen molar-refractivity contribution in [2.45, 2.75) is 46.7 Å². The van der Waals surface area contributed by atoms with Gasteiger partial charge in [0.2, 0.25) is 0 Å². The van der Waals surface area contributed by atoms with E-state index in [0.717, 1.165) is 24.0 Å². The van der Waals surface area contributed by atoms with Crippen molar-refractivity contribution in [2.75, 3.05) is 6.54 Å². The molecule has 0 aliphatic rings. The molecule has 5 nitrogen and oxygen atoms in total. The van der Waals surface area contributed by atoms with Gasteiger partial charge in [0.05, 0.1) is 0 Å². The molecule has 128 valence electrons. The molecule has 0 unspecified atom stereocenters. The van der Waals surface area contributed by atoms with Crippen molar-refractivity contribution in [3.05, 3.63) is 63.6 Å². The van der Waals surface area contributed by atoms with Crippen molar-refractivity contribution in [3.63, 3.8) is 0 Å². The second kappa shape index (κ2) is 8.43. The van der Waals surface area contributed by atoms with Crippen LogP contribution in [0.5, 0.6) is 0 Å². The summed E-state index contributed by atoms with van der Waals surface area (Å²) in [7, 11) is 0. The molecule has 0 saturated carbocycles. The molecule has 0 saturated heterocycles. The zero-order valence-electron chi connectivity index (χ0n) is 14.7. The molecular formula is C19H25N3O2. The number of rotatable bonds is 7. The molecule has 2 aromatic rings. The zero-order valence-corrected chi connectivity index (χ0v) is 14.7. The molecule has 0 spiro atoms. The van der Waals surface area contributed by atoms with Crippen molar-refractivity contribution in [1.29, 1.82) is 0 Å². The number of hydrogen-bond acceptors (Lipinski definition) is 3. The van der Waals surface area contributed by atoms with Crippen LogP contribution in [0.15, 0.2) is 41.2 Å². The fourth-order valence-corrected chi connectivity index (χ4v) is 2.51. The molecule has 0 aliphatic heterocycles. The highest BCUT2D eigenvalue weighted by molar-refractivity contribution is 5.92. The maximum absolute atomic E-state index is 12.8. The van der Waals surface area contributed by atoms with E-state index in [4.69, 9.17) is 0 Å². The van der Waals surface area contributed by atoms with E-state index in [-0.39, 0.29) is 11.5 Å². The first-order valence-electron chi connectivity index (χ1n) is 8.48. The van der Waals surface area contributed by atoms with Gasteiger partial charge in [-0.2, -0.15) is 5.10 Å². The van der Waals surface area contributed by atoms with Crippen LogP contribution in [0.4, 0.5) is 0 Å². The lowest BCUT2D eigenvalue weighted by atomic mass is 10.1. The number of aryl methyl sites for hydroxylation is 2. The highest BCUT2D eigenvalue weighted by Gasteiger charge is 2.17. The third kappa shape index (κ3) is 4.31. The monoisotopic (exact) mass is 327 g/mol. The smallest absolute Gasteiger partial charge is 0.274 e. The number of hydrogen-bond donors (Lipinski definition) is 0. The Balaban J connectivity index is 2.22. The quantitative estimate of drug-likeness (QED) is 0.785. The topological polar surface area (TPSA) is 55.2 Å². The largest absolute Gasteiger partial charge is 0.333 e.